The highest BCUT2D eigenvalue weighted by Crippen LogP contribution is 2.51. The number of rotatable bonds is 6. The van der Waals surface area contributed by atoms with Gasteiger partial charge in [-0.05, 0) is 24.3 Å². The van der Waals surface area contributed by atoms with Crippen LogP contribution < -0.4 is 9.05 Å². The summed E-state index contributed by atoms with van der Waals surface area (Å²) in [5.74, 6) is 0.789. The maximum Gasteiger partial charge on any atom is 0.587 e. The summed E-state index contributed by atoms with van der Waals surface area (Å²) in [4.78, 5) is 0. The van der Waals surface area contributed by atoms with Gasteiger partial charge in [-0.3, -0.25) is 4.52 Å². The minimum Gasteiger partial charge on any atom is -0.395 e. The molecule has 4 nitrogen and oxygen atoms in total. The van der Waals surface area contributed by atoms with Gasteiger partial charge in [-0.2, -0.15) is 0 Å². The van der Waals surface area contributed by atoms with E-state index < -0.39 is 9.97 Å². The van der Waals surface area contributed by atoms with E-state index in [1.165, 1.54) is 0 Å². The van der Waals surface area contributed by atoms with Gasteiger partial charge in [0.25, 0.3) is 0 Å². The van der Waals surface area contributed by atoms with E-state index in [4.69, 9.17) is 13.6 Å². The minimum absolute atomic E-state index is 0.00391. The van der Waals surface area contributed by atoms with Crippen molar-refractivity contribution in [2.45, 2.75) is 2.14 Å². The fourth-order valence-electron chi connectivity index (χ4n) is 1.44. The molecular weight excluding hydrogens is 503 g/mol. The number of halogens is 3. The van der Waals surface area contributed by atoms with Gasteiger partial charge in [-0.25, -0.2) is 4.57 Å². The molecule has 22 heavy (non-hydrogen) atoms. The van der Waals surface area contributed by atoms with E-state index in [0.29, 0.717) is 11.5 Å². The Balaban J connectivity index is 2.17. The van der Waals surface area contributed by atoms with Gasteiger partial charge < -0.3 is 9.05 Å². The summed E-state index contributed by atoms with van der Waals surface area (Å²) in [6, 6.07) is 17.4. The van der Waals surface area contributed by atoms with Crippen molar-refractivity contribution in [1.29, 1.82) is 0 Å². The molecule has 2 aromatic rings. The third kappa shape index (κ3) is 6.42. The summed E-state index contributed by atoms with van der Waals surface area (Å²) in [5, 5.41) is 0. The highest BCUT2D eigenvalue weighted by molar-refractivity contribution is 9.39. The molecule has 118 valence electrons. The summed E-state index contributed by atoms with van der Waals surface area (Å²) < 4.78 is 28.4. The molecule has 0 unspecified atom stereocenters. The van der Waals surface area contributed by atoms with E-state index in [9.17, 15) is 4.57 Å². The van der Waals surface area contributed by atoms with Gasteiger partial charge in [-0.1, -0.05) is 84.2 Å². The van der Waals surface area contributed by atoms with Crippen LogP contribution in [0.5, 0.6) is 11.5 Å². The third-order valence-electron chi connectivity index (χ3n) is 2.31. The maximum atomic E-state index is 12.9. The number of phosphoric ester groups is 1. The fraction of sp³-hybridized carbons (Fsp3) is 0.143. The lowest BCUT2D eigenvalue weighted by atomic mass is 10.3. The van der Waals surface area contributed by atoms with E-state index in [0.717, 1.165) is 0 Å². The van der Waals surface area contributed by atoms with Crippen molar-refractivity contribution < 1.29 is 18.1 Å². The van der Waals surface area contributed by atoms with Crippen molar-refractivity contribution in [3.05, 3.63) is 60.7 Å². The molecule has 0 aliphatic carbocycles. The average molecular weight is 515 g/mol. The van der Waals surface area contributed by atoms with E-state index in [1.54, 1.807) is 48.5 Å². The van der Waals surface area contributed by atoms with Crippen molar-refractivity contribution >= 4 is 55.6 Å². The molecule has 0 aliphatic heterocycles. The van der Waals surface area contributed by atoms with Gasteiger partial charge in [0.2, 0.25) is 0 Å². The first-order valence-electron chi connectivity index (χ1n) is 6.17. The second-order valence-electron chi connectivity index (χ2n) is 4.14. The number of benzene rings is 2. The third-order valence-corrected chi connectivity index (χ3v) is 4.31. The van der Waals surface area contributed by atoms with E-state index in [2.05, 4.69) is 47.8 Å². The lowest BCUT2D eigenvalue weighted by Crippen LogP contribution is -2.14. The van der Waals surface area contributed by atoms with Crippen LogP contribution >= 0.6 is 55.6 Å². The monoisotopic (exact) mass is 512 g/mol. The first kappa shape index (κ1) is 18.0. The predicted molar refractivity (Wildman–Crippen MR) is 97.2 cm³/mol. The van der Waals surface area contributed by atoms with Gasteiger partial charge in [0.05, 0.1) is 6.61 Å². The smallest absolute Gasteiger partial charge is 0.395 e. The highest BCUT2D eigenvalue weighted by atomic mass is 80.0. The Morgan fingerprint density at radius 2 is 1.23 bits per heavy atom. The van der Waals surface area contributed by atoms with Crippen LogP contribution in [0.1, 0.15) is 0 Å². The topological polar surface area (TPSA) is 44.8 Å². The zero-order valence-electron chi connectivity index (χ0n) is 11.2. The summed E-state index contributed by atoms with van der Waals surface area (Å²) in [6.45, 7) is 0.00391. The van der Waals surface area contributed by atoms with Crippen molar-refractivity contribution in [2.75, 3.05) is 6.61 Å². The molecule has 0 bridgehead atoms. The molecule has 2 rings (SSSR count). The Morgan fingerprint density at radius 3 is 1.59 bits per heavy atom. The largest absolute Gasteiger partial charge is 0.587 e. The molecule has 0 aromatic heterocycles. The molecule has 0 N–H and O–H groups in total. The number of phosphoric acid groups is 1. The number of alkyl halides is 3. The highest BCUT2D eigenvalue weighted by Gasteiger charge is 2.34. The summed E-state index contributed by atoms with van der Waals surface area (Å²) in [5.41, 5.74) is 0. The summed E-state index contributed by atoms with van der Waals surface area (Å²) in [6.07, 6.45) is 0. The molecule has 0 fully saturated rings. The Hall–Kier alpha value is -0.330. The summed E-state index contributed by atoms with van der Waals surface area (Å²) >= 11 is 9.83. The van der Waals surface area contributed by atoms with Gasteiger partial charge >= 0.3 is 7.82 Å². The van der Waals surface area contributed by atoms with Crippen LogP contribution in [0.3, 0.4) is 0 Å². The lowest BCUT2D eigenvalue weighted by Gasteiger charge is -2.21. The predicted octanol–water partition coefficient (Wildman–Crippen LogP) is 6.11. The Kier molecular flexibility index (Phi) is 6.53. The zero-order valence-corrected chi connectivity index (χ0v) is 16.8. The van der Waals surface area contributed by atoms with Crippen LogP contribution in [-0.2, 0) is 9.09 Å². The van der Waals surface area contributed by atoms with E-state index in [1.807, 2.05) is 12.1 Å². The lowest BCUT2D eigenvalue weighted by molar-refractivity contribution is 0.217. The van der Waals surface area contributed by atoms with Gasteiger partial charge in [-0.15, -0.1) is 0 Å². The van der Waals surface area contributed by atoms with Crippen LogP contribution in [-0.4, -0.2) is 8.75 Å². The quantitative estimate of drug-likeness (QED) is 0.345. The van der Waals surface area contributed by atoms with Gasteiger partial charge in [0.1, 0.15) is 11.5 Å². The molecule has 0 atom stereocenters. The van der Waals surface area contributed by atoms with Crippen LogP contribution in [0.4, 0.5) is 0 Å². The van der Waals surface area contributed by atoms with Crippen LogP contribution in [0, 0.1) is 0 Å². The van der Waals surface area contributed by atoms with Crippen LogP contribution in [0.25, 0.3) is 0 Å². The molecule has 2 aromatic carbocycles. The van der Waals surface area contributed by atoms with Crippen molar-refractivity contribution in [2.24, 2.45) is 0 Å². The first-order valence-corrected chi connectivity index (χ1v) is 10.0. The number of para-hydroxylation sites is 2. The van der Waals surface area contributed by atoms with E-state index in [-0.39, 0.29) is 6.61 Å². The molecule has 0 saturated heterocycles. The Labute approximate surface area is 154 Å². The first-order chi connectivity index (χ1) is 10.4. The number of hydrogen-bond donors (Lipinski definition) is 0. The molecule has 0 radical (unpaired) electrons. The molecule has 0 aliphatic rings. The zero-order chi connectivity index (χ0) is 16.1. The van der Waals surface area contributed by atoms with E-state index >= 15 is 0 Å². The minimum atomic E-state index is -3.85. The fourth-order valence-corrected chi connectivity index (χ4v) is 3.57. The second kappa shape index (κ2) is 7.97. The average Bonchev–Trinajstić information content (AvgIpc) is 2.47. The van der Waals surface area contributed by atoms with Crippen LogP contribution in [0.2, 0.25) is 0 Å². The number of hydrogen-bond acceptors (Lipinski definition) is 4. The van der Waals surface area contributed by atoms with Crippen molar-refractivity contribution in [1.82, 2.24) is 0 Å². The van der Waals surface area contributed by atoms with Gasteiger partial charge in [0, 0.05) is 0 Å². The molecule has 0 saturated carbocycles. The second-order valence-corrected chi connectivity index (χ2v) is 12.9. The molecule has 8 heteroatoms. The van der Waals surface area contributed by atoms with Crippen LogP contribution in [0.15, 0.2) is 60.7 Å². The Morgan fingerprint density at radius 1 is 0.818 bits per heavy atom. The SMILES string of the molecule is O=P(OCC(Br)(Br)Br)(Oc1ccccc1)Oc1ccccc1. The normalized spacial score (nSPS) is 12.0. The van der Waals surface area contributed by atoms with Crippen molar-refractivity contribution in [3.8, 4) is 11.5 Å². The molecule has 0 amide bonds. The maximum absolute atomic E-state index is 12.9. The van der Waals surface area contributed by atoms with Gasteiger partial charge in [0.15, 0.2) is 2.14 Å². The molecular formula is C14H12Br3O4P. The summed E-state index contributed by atoms with van der Waals surface area (Å²) in [7, 11) is -3.85. The Bertz CT molecular complexity index is 586. The molecule has 0 spiro atoms. The molecule has 0 heterocycles. The van der Waals surface area contributed by atoms with Crippen molar-refractivity contribution in [3.63, 3.8) is 0 Å². The standard InChI is InChI=1S/C14H12Br3O4P/c15-14(16,17)11-19-22(18,20-12-7-3-1-4-8-12)21-13-9-5-2-6-10-13/h1-10H,11H2.